The number of amides is 1. The lowest BCUT2D eigenvalue weighted by molar-refractivity contribution is -0.113. The second-order valence-electron chi connectivity index (χ2n) is 5.63. The Bertz CT molecular complexity index is 769. The van der Waals surface area contributed by atoms with Gasteiger partial charge in [0.2, 0.25) is 5.91 Å². The zero-order valence-electron chi connectivity index (χ0n) is 14.8. The van der Waals surface area contributed by atoms with E-state index in [0.29, 0.717) is 23.4 Å². The van der Waals surface area contributed by atoms with E-state index in [1.165, 1.54) is 11.8 Å². The van der Waals surface area contributed by atoms with Gasteiger partial charge >= 0.3 is 5.97 Å². The number of rotatable bonds is 8. The lowest BCUT2D eigenvalue weighted by Gasteiger charge is -2.06. The summed E-state index contributed by atoms with van der Waals surface area (Å²) in [6.45, 7) is 4.02. The molecule has 2 aromatic carbocycles. The third kappa shape index (κ3) is 6.04. The summed E-state index contributed by atoms with van der Waals surface area (Å²) in [7, 11) is 0. The molecule has 0 aromatic heterocycles. The standard InChI is InChI=1S/C20H21NO4S/c1-3-25-20(24)16-8-10-17(11-9-16)21-19(23)13-26-12-18(22)15-6-4-14(2)5-7-15/h4-11H,3,12-13H2,1-2H3,(H,21,23). The molecular formula is C20H21NO4S. The maximum absolute atomic E-state index is 12.1. The van der Waals surface area contributed by atoms with Crippen LogP contribution in [0.2, 0.25) is 0 Å². The summed E-state index contributed by atoms with van der Waals surface area (Å²) in [6.07, 6.45) is 0. The molecule has 0 unspecified atom stereocenters. The van der Waals surface area contributed by atoms with Crippen LogP contribution in [0.4, 0.5) is 5.69 Å². The van der Waals surface area contributed by atoms with Crippen LogP contribution in [0.5, 0.6) is 0 Å². The lowest BCUT2D eigenvalue weighted by Crippen LogP contribution is -2.15. The zero-order valence-corrected chi connectivity index (χ0v) is 15.6. The predicted octanol–water partition coefficient (Wildman–Crippen LogP) is 3.73. The number of esters is 1. The molecule has 5 nitrogen and oxygen atoms in total. The van der Waals surface area contributed by atoms with Crippen molar-refractivity contribution in [1.82, 2.24) is 0 Å². The first-order valence-corrected chi connectivity index (χ1v) is 9.39. The molecule has 0 radical (unpaired) electrons. The van der Waals surface area contributed by atoms with Crippen LogP contribution < -0.4 is 5.32 Å². The fourth-order valence-electron chi connectivity index (χ4n) is 2.16. The monoisotopic (exact) mass is 371 g/mol. The molecule has 26 heavy (non-hydrogen) atoms. The minimum absolute atomic E-state index is 0.00147. The van der Waals surface area contributed by atoms with Crippen molar-refractivity contribution < 1.29 is 19.1 Å². The van der Waals surface area contributed by atoms with E-state index >= 15 is 0 Å². The van der Waals surface area contributed by atoms with Crippen LogP contribution in [0.25, 0.3) is 0 Å². The van der Waals surface area contributed by atoms with Crippen molar-refractivity contribution >= 4 is 35.1 Å². The van der Waals surface area contributed by atoms with E-state index in [4.69, 9.17) is 4.74 Å². The van der Waals surface area contributed by atoms with Crippen molar-refractivity contribution in [2.45, 2.75) is 13.8 Å². The molecule has 0 atom stereocenters. The van der Waals surface area contributed by atoms with Crippen LogP contribution in [0.15, 0.2) is 48.5 Å². The Kier molecular flexibility index (Phi) is 7.41. The number of aryl methyl sites for hydroxylation is 1. The molecule has 0 aliphatic heterocycles. The van der Waals surface area contributed by atoms with Crippen molar-refractivity contribution in [2.24, 2.45) is 0 Å². The van der Waals surface area contributed by atoms with E-state index < -0.39 is 5.97 Å². The molecule has 6 heteroatoms. The average molecular weight is 371 g/mol. The molecule has 136 valence electrons. The zero-order chi connectivity index (χ0) is 18.9. The summed E-state index contributed by atoms with van der Waals surface area (Å²) in [6, 6.07) is 13.9. The molecule has 0 fully saturated rings. The third-order valence-electron chi connectivity index (χ3n) is 3.52. The Morgan fingerprint density at radius 2 is 1.54 bits per heavy atom. The first kappa shape index (κ1) is 19.7. The number of hydrogen-bond donors (Lipinski definition) is 1. The second-order valence-corrected chi connectivity index (χ2v) is 6.61. The Balaban J connectivity index is 1.77. The van der Waals surface area contributed by atoms with E-state index in [0.717, 1.165) is 5.56 Å². The van der Waals surface area contributed by atoms with Gasteiger partial charge in [-0.3, -0.25) is 9.59 Å². The fourth-order valence-corrected chi connectivity index (χ4v) is 2.87. The van der Waals surface area contributed by atoms with Gasteiger partial charge in [-0.05, 0) is 38.1 Å². The summed E-state index contributed by atoms with van der Waals surface area (Å²) in [4.78, 5) is 35.6. The van der Waals surface area contributed by atoms with Gasteiger partial charge in [-0.2, -0.15) is 0 Å². The number of thioether (sulfide) groups is 1. The molecule has 2 rings (SSSR count). The quantitative estimate of drug-likeness (QED) is 0.565. The van der Waals surface area contributed by atoms with E-state index in [1.54, 1.807) is 43.3 Å². The number of ketones is 1. The Labute approximate surface area is 157 Å². The molecular weight excluding hydrogens is 350 g/mol. The van der Waals surface area contributed by atoms with E-state index in [-0.39, 0.29) is 23.2 Å². The van der Waals surface area contributed by atoms with Gasteiger partial charge < -0.3 is 10.1 Å². The van der Waals surface area contributed by atoms with Crippen LogP contribution >= 0.6 is 11.8 Å². The number of carbonyl (C=O) groups is 3. The fraction of sp³-hybridized carbons (Fsp3) is 0.250. The van der Waals surface area contributed by atoms with Gasteiger partial charge in [0.15, 0.2) is 5.78 Å². The van der Waals surface area contributed by atoms with Gasteiger partial charge in [-0.1, -0.05) is 29.8 Å². The van der Waals surface area contributed by atoms with Crippen LogP contribution in [0, 0.1) is 6.92 Å². The minimum Gasteiger partial charge on any atom is -0.462 e. The number of ether oxygens (including phenoxy) is 1. The van der Waals surface area contributed by atoms with E-state index in [1.807, 2.05) is 19.1 Å². The molecule has 0 saturated heterocycles. The Morgan fingerprint density at radius 1 is 0.923 bits per heavy atom. The number of hydrogen-bond acceptors (Lipinski definition) is 5. The van der Waals surface area contributed by atoms with Crippen LogP contribution in [-0.2, 0) is 9.53 Å². The van der Waals surface area contributed by atoms with Crippen LogP contribution in [0.3, 0.4) is 0 Å². The highest BCUT2D eigenvalue weighted by atomic mass is 32.2. The second kappa shape index (κ2) is 9.77. The summed E-state index contributed by atoms with van der Waals surface area (Å²) in [5.41, 5.74) is 2.78. The molecule has 0 spiro atoms. The summed E-state index contributed by atoms with van der Waals surface area (Å²) in [5.74, 6) is -0.164. The molecule has 0 saturated carbocycles. The van der Waals surface area contributed by atoms with Crippen molar-refractivity contribution in [3.8, 4) is 0 Å². The molecule has 0 aliphatic rings. The van der Waals surface area contributed by atoms with Gasteiger partial charge in [0, 0.05) is 11.3 Å². The Hall–Kier alpha value is -2.60. The van der Waals surface area contributed by atoms with Gasteiger partial charge in [0.25, 0.3) is 0 Å². The molecule has 0 bridgehead atoms. The minimum atomic E-state index is -0.393. The highest BCUT2D eigenvalue weighted by molar-refractivity contribution is 8.00. The SMILES string of the molecule is CCOC(=O)c1ccc(NC(=O)CSCC(=O)c2ccc(C)cc2)cc1. The first-order chi connectivity index (χ1) is 12.5. The first-order valence-electron chi connectivity index (χ1n) is 8.24. The number of carbonyl (C=O) groups excluding carboxylic acids is 3. The summed E-state index contributed by atoms with van der Waals surface area (Å²) < 4.78 is 4.91. The molecule has 1 amide bonds. The van der Waals surface area contributed by atoms with Crippen molar-refractivity contribution in [3.63, 3.8) is 0 Å². The molecule has 2 aromatic rings. The number of anilines is 1. The maximum atomic E-state index is 12.1. The van der Waals surface area contributed by atoms with Crippen LogP contribution in [0.1, 0.15) is 33.2 Å². The molecule has 0 heterocycles. The average Bonchev–Trinajstić information content (AvgIpc) is 2.63. The maximum Gasteiger partial charge on any atom is 0.338 e. The van der Waals surface area contributed by atoms with Crippen molar-refractivity contribution in [3.05, 3.63) is 65.2 Å². The van der Waals surface area contributed by atoms with Gasteiger partial charge in [0.05, 0.1) is 23.7 Å². The summed E-state index contributed by atoms with van der Waals surface area (Å²) in [5, 5.41) is 2.74. The number of nitrogens with one attached hydrogen (secondary N) is 1. The largest absolute Gasteiger partial charge is 0.462 e. The highest BCUT2D eigenvalue weighted by Gasteiger charge is 2.09. The van der Waals surface area contributed by atoms with E-state index in [9.17, 15) is 14.4 Å². The molecule has 1 N–H and O–H groups in total. The lowest BCUT2D eigenvalue weighted by atomic mass is 10.1. The molecule has 0 aliphatic carbocycles. The topological polar surface area (TPSA) is 72.5 Å². The number of benzene rings is 2. The van der Waals surface area contributed by atoms with E-state index in [2.05, 4.69) is 5.32 Å². The van der Waals surface area contributed by atoms with Crippen molar-refractivity contribution in [2.75, 3.05) is 23.4 Å². The predicted molar refractivity (Wildman–Crippen MR) is 104 cm³/mol. The van der Waals surface area contributed by atoms with Crippen molar-refractivity contribution in [1.29, 1.82) is 0 Å². The highest BCUT2D eigenvalue weighted by Crippen LogP contribution is 2.13. The summed E-state index contributed by atoms with van der Waals surface area (Å²) >= 11 is 1.27. The Morgan fingerprint density at radius 3 is 2.15 bits per heavy atom. The van der Waals surface area contributed by atoms with Gasteiger partial charge in [-0.25, -0.2) is 4.79 Å². The number of Topliss-reactive ketones (excluding diaryl/α,β-unsaturated/α-hetero) is 1. The normalized spacial score (nSPS) is 10.2. The van der Waals surface area contributed by atoms with Gasteiger partial charge in [-0.15, -0.1) is 11.8 Å². The van der Waals surface area contributed by atoms with Crippen LogP contribution in [-0.4, -0.2) is 35.8 Å². The van der Waals surface area contributed by atoms with Gasteiger partial charge in [0.1, 0.15) is 0 Å². The smallest absolute Gasteiger partial charge is 0.338 e. The third-order valence-corrected chi connectivity index (χ3v) is 4.45.